The Kier molecular flexibility index (Phi) is 2.45. The molecule has 0 bridgehead atoms. The summed E-state index contributed by atoms with van der Waals surface area (Å²) < 4.78 is 0. The van der Waals surface area contributed by atoms with Gasteiger partial charge in [0.2, 0.25) is 0 Å². The molecule has 5 nitrogen and oxygen atoms in total. The van der Waals surface area contributed by atoms with Crippen LogP contribution in [0.3, 0.4) is 0 Å². The van der Waals surface area contributed by atoms with Gasteiger partial charge in [-0.05, 0) is 5.56 Å². The van der Waals surface area contributed by atoms with Gasteiger partial charge in [-0.1, -0.05) is 30.3 Å². The van der Waals surface area contributed by atoms with Crippen LogP contribution in [0.2, 0.25) is 0 Å². The van der Waals surface area contributed by atoms with Crippen molar-refractivity contribution in [2.75, 3.05) is 0 Å². The van der Waals surface area contributed by atoms with E-state index in [0.717, 1.165) is 5.56 Å². The summed E-state index contributed by atoms with van der Waals surface area (Å²) in [6, 6.07) is 9.96. The molecule has 0 unspecified atom stereocenters. The van der Waals surface area contributed by atoms with Crippen LogP contribution in [-0.2, 0) is 6.54 Å². The highest BCUT2D eigenvalue weighted by molar-refractivity contribution is 5.92. The first kappa shape index (κ1) is 9.39. The number of hydrogen-bond acceptors (Lipinski definition) is 5. The zero-order valence-corrected chi connectivity index (χ0v) is 8.22. The SMILES string of the molecule is NC1=CC(N)=NN(Cc2ccccc2)N1. The Hall–Kier alpha value is -2.17. The Labute approximate surface area is 88.0 Å². The molecule has 0 fully saturated rings. The van der Waals surface area contributed by atoms with Gasteiger partial charge in [-0.15, -0.1) is 5.10 Å². The van der Waals surface area contributed by atoms with E-state index in [2.05, 4.69) is 10.5 Å². The molecule has 1 aliphatic heterocycles. The molecule has 1 aliphatic rings. The molecule has 1 aromatic carbocycles. The molecule has 1 heterocycles. The molecule has 5 heteroatoms. The summed E-state index contributed by atoms with van der Waals surface area (Å²) in [5, 5.41) is 5.70. The molecule has 0 amide bonds. The van der Waals surface area contributed by atoms with Gasteiger partial charge in [0.25, 0.3) is 0 Å². The maximum absolute atomic E-state index is 5.62. The number of hydrazone groups is 1. The Morgan fingerprint density at radius 1 is 1.20 bits per heavy atom. The van der Waals surface area contributed by atoms with Gasteiger partial charge in [0.1, 0.15) is 11.7 Å². The van der Waals surface area contributed by atoms with Crippen LogP contribution in [0.1, 0.15) is 5.56 Å². The van der Waals surface area contributed by atoms with Crippen LogP contribution in [0.4, 0.5) is 0 Å². The number of hydrazine groups is 1. The standard InChI is InChI=1S/C10H13N5/c11-9-6-10(12)14-15(13-9)7-8-4-2-1-3-5-8/h1-6,13H,7,11H2,(H2,12,14). The van der Waals surface area contributed by atoms with Crippen molar-refractivity contribution in [1.29, 1.82) is 0 Å². The molecule has 0 radical (unpaired) electrons. The Morgan fingerprint density at radius 3 is 2.60 bits per heavy atom. The van der Waals surface area contributed by atoms with E-state index < -0.39 is 0 Å². The minimum atomic E-state index is 0.405. The number of amidine groups is 1. The molecule has 78 valence electrons. The molecule has 2 rings (SSSR count). The van der Waals surface area contributed by atoms with Crippen molar-refractivity contribution < 1.29 is 0 Å². The predicted octanol–water partition coefficient (Wildman–Crippen LogP) is 0.0791. The highest BCUT2D eigenvalue weighted by Gasteiger charge is 2.08. The monoisotopic (exact) mass is 203 g/mol. The largest absolute Gasteiger partial charge is 0.384 e. The molecule has 0 atom stereocenters. The Morgan fingerprint density at radius 2 is 1.93 bits per heavy atom. The average Bonchev–Trinajstić information content (AvgIpc) is 2.17. The second-order valence-corrected chi connectivity index (χ2v) is 3.28. The highest BCUT2D eigenvalue weighted by Crippen LogP contribution is 2.05. The summed E-state index contributed by atoms with van der Waals surface area (Å²) in [7, 11) is 0. The normalized spacial score (nSPS) is 15.3. The Balaban J connectivity index is 2.06. The van der Waals surface area contributed by atoms with Crippen LogP contribution in [0.25, 0.3) is 0 Å². The summed E-state index contributed by atoms with van der Waals surface area (Å²) in [6.45, 7) is 0.621. The van der Waals surface area contributed by atoms with Crippen molar-refractivity contribution in [3.8, 4) is 0 Å². The number of nitrogens with one attached hydrogen (secondary N) is 1. The first-order valence-electron chi connectivity index (χ1n) is 4.63. The molecular weight excluding hydrogens is 190 g/mol. The maximum atomic E-state index is 5.62. The topological polar surface area (TPSA) is 79.7 Å². The lowest BCUT2D eigenvalue weighted by atomic mass is 10.2. The van der Waals surface area contributed by atoms with E-state index in [0.29, 0.717) is 18.2 Å². The summed E-state index contributed by atoms with van der Waals surface area (Å²) >= 11 is 0. The third kappa shape index (κ3) is 2.40. The van der Waals surface area contributed by atoms with Crippen LogP contribution in [0.5, 0.6) is 0 Å². The fourth-order valence-corrected chi connectivity index (χ4v) is 1.37. The quantitative estimate of drug-likeness (QED) is 0.636. The minimum absolute atomic E-state index is 0.405. The Bertz CT molecular complexity index is 396. The number of nitrogens with zero attached hydrogens (tertiary/aromatic N) is 2. The summed E-state index contributed by atoms with van der Waals surface area (Å²) in [4.78, 5) is 0. The van der Waals surface area contributed by atoms with Crippen molar-refractivity contribution in [3.63, 3.8) is 0 Å². The lowest BCUT2D eigenvalue weighted by Crippen LogP contribution is -2.41. The van der Waals surface area contributed by atoms with Gasteiger partial charge in [-0.2, -0.15) is 0 Å². The van der Waals surface area contributed by atoms with Crippen molar-refractivity contribution >= 4 is 5.84 Å². The van der Waals surface area contributed by atoms with Crippen molar-refractivity contribution in [3.05, 3.63) is 47.8 Å². The minimum Gasteiger partial charge on any atom is -0.384 e. The summed E-state index contributed by atoms with van der Waals surface area (Å²) in [6.07, 6.45) is 1.58. The second kappa shape index (κ2) is 3.91. The number of rotatable bonds is 2. The lowest BCUT2D eigenvalue weighted by molar-refractivity contribution is 0.207. The van der Waals surface area contributed by atoms with Gasteiger partial charge >= 0.3 is 0 Å². The van der Waals surface area contributed by atoms with E-state index in [4.69, 9.17) is 11.5 Å². The van der Waals surface area contributed by atoms with Gasteiger partial charge < -0.3 is 11.5 Å². The fourth-order valence-electron chi connectivity index (χ4n) is 1.37. The molecular formula is C10H13N5. The molecule has 1 aromatic rings. The number of nitrogens with two attached hydrogens (primary N) is 2. The molecule has 0 spiro atoms. The number of benzene rings is 1. The third-order valence-corrected chi connectivity index (χ3v) is 1.97. The van der Waals surface area contributed by atoms with Crippen LogP contribution in [0, 0.1) is 0 Å². The van der Waals surface area contributed by atoms with E-state index in [1.165, 1.54) is 0 Å². The average molecular weight is 203 g/mol. The molecule has 5 N–H and O–H groups in total. The van der Waals surface area contributed by atoms with Gasteiger partial charge in [0.15, 0.2) is 0 Å². The predicted molar refractivity (Wildman–Crippen MR) is 59.0 cm³/mol. The third-order valence-electron chi connectivity index (χ3n) is 1.97. The summed E-state index contributed by atoms with van der Waals surface area (Å²) in [5.74, 6) is 0.903. The van der Waals surface area contributed by atoms with Gasteiger partial charge in [0, 0.05) is 6.08 Å². The highest BCUT2D eigenvalue weighted by atomic mass is 15.7. The molecule has 0 saturated carbocycles. The van der Waals surface area contributed by atoms with E-state index >= 15 is 0 Å². The smallest absolute Gasteiger partial charge is 0.149 e. The zero-order valence-electron chi connectivity index (χ0n) is 8.22. The van der Waals surface area contributed by atoms with Crippen molar-refractivity contribution in [2.24, 2.45) is 16.6 Å². The molecule has 0 saturated heterocycles. The first-order valence-corrected chi connectivity index (χ1v) is 4.63. The van der Waals surface area contributed by atoms with Crippen LogP contribution in [-0.4, -0.2) is 11.0 Å². The van der Waals surface area contributed by atoms with Crippen molar-refractivity contribution in [2.45, 2.75) is 6.54 Å². The zero-order chi connectivity index (χ0) is 10.7. The van der Waals surface area contributed by atoms with Gasteiger partial charge in [0.05, 0.1) is 6.54 Å². The molecule has 0 aliphatic carbocycles. The van der Waals surface area contributed by atoms with Crippen LogP contribution < -0.4 is 16.9 Å². The first-order chi connectivity index (χ1) is 7.24. The van der Waals surface area contributed by atoms with Crippen molar-refractivity contribution in [1.82, 2.24) is 10.5 Å². The maximum Gasteiger partial charge on any atom is 0.149 e. The van der Waals surface area contributed by atoms with E-state index in [-0.39, 0.29) is 0 Å². The second-order valence-electron chi connectivity index (χ2n) is 3.28. The van der Waals surface area contributed by atoms with Gasteiger partial charge in [-0.3, -0.25) is 5.43 Å². The van der Waals surface area contributed by atoms with E-state index in [1.807, 2.05) is 30.3 Å². The van der Waals surface area contributed by atoms with Crippen LogP contribution in [0.15, 0.2) is 47.3 Å². The van der Waals surface area contributed by atoms with Gasteiger partial charge in [-0.25, -0.2) is 5.12 Å². The number of hydrogen-bond donors (Lipinski definition) is 3. The fraction of sp³-hybridized carbons (Fsp3) is 0.100. The van der Waals surface area contributed by atoms with E-state index in [1.54, 1.807) is 11.2 Å². The molecule has 15 heavy (non-hydrogen) atoms. The van der Waals surface area contributed by atoms with Crippen LogP contribution >= 0.6 is 0 Å². The molecule has 0 aromatic heterocycles. The van der Waals surface area contributed by atoms with E-state index in [9.17, 15) is 0 Å². The lowest BCUT2D eigenvalue weighted by Gasteiger charge is -2.24. The summed E-state index contributed by atoms with van der Waals surface area (Å²) in [5.41, 5.74) is 15.2.